The van der Waals surface area contributed by atoms with Crippen molar-refractivity contribution in [3.05, 3.63) is 133 Å². The molecule has 0 saturated heterocycles. The molecule has 0 aliphatic heterocycles. The molecule has 2 aromatic heterocycles. The lowest BCUT2D eigenvalue weighted by atomic mass is 10.0. The Morgan fingerprint density at radius 3 is 1.74 bits per heavy atom. The minimum atomic E-state index is 0.941. The van der Waals surface area contributed by atoms with Crippen molar-refractivity contribution in [1.82, 2.24) is 4.57 Å². The van der Waals surface area contributed by atoms with Crippen molar-refractivity contribution >= 4 is 98.9 Å². The lowest BCUT2D eigenvalue weighted by molar-refractivity contribution is 1.18. The van der Waals surface area contributed by atoms with Crippen LogP contribution < -0.4 is 5.32 Å². The van der Waals surface area contributed by atoms with Gasteiger partial charge in [-0.3, -0.25) is 0 Å². The molecule has 0 unspecified atom stereocenters. The Kier molecular flexibility index (Phi) is 5.19. The zero-order valence-corrected chi connectivity index (χ0v) is 24.2. The average Bonchev–Trinajstić information content (AvgIpc) is 3.55. The first-order chi connectivity index (χ1) is 20.7. The van der Waals surface area contributed by atoms with Crippen molar-refractivity contribution in [2.75, 3.05) is 5.32 Å². The van der Waals surface area contributed by atoms with Gasteiger partial charge in [-0.05, 0) is 88.3 Å². The minimum absolute atomic E-state index is 0.941. The van der Waals surface area contributed by atoms with E-state index in [9.17, 15) is 0 Å². The number of thiophene rings is 1. The molecule has 0 radical (unpaired) electrons. The molecule has 0 saturated carbocycles. The molecular weight excluding hydrogens is 549 g/mol. The molecule has 0 amide bonds. The maximum absolute atomic E-state index is 4.85. The van der Waals surface area contributed by atoms with E-state index in [0.29, 0.717) is 0 Å². The van der Waals surface area contributed by atoms with Crippen LogP contribution in [-0.2, 0) is 0 Å². The predicted molar refractivity (Wildman–Crippen MR) is 186 cm³/mol. The van der Waals surface area contributed by atoms with Crippen molar-refractivity contribution in [3.8, 4) is 5.69 Å². The lowest BCUT2D eigenvalue weighted by Crippen LogP contribution is -1.96. The molecule has 42 heavy (non-hydrogen) atoms. The second-order valence-corrected chi connectivity index (χ2v) is 12.4. The fourth-order valence-corrected chi connectivity index (χ4v) is 7.79. The summed E-state index contributed by atoms with van der Waals surface area (Å²) in [5.74, 6) is 0. The number of benzene rings is 7. The fraction of sp³-hybridized carbons (Fsp3) is 0. The highest BCUT2D eigenvalue weighted by Gasteiger charge is 2.16. The van der Waals surface area contributed by atoms with Crippen LogP contribution in [0, 0.1) is 0 Å². The molecule has 0 fully saturated rings. The molecule has 0 spiro atoms. The molecule has 0 aliphatic carbocycles. The van der Waals surface area contributed by atoms with Crippen LogP contribution in [-0.4, -0.2) is 4.57 Å². The van der Waals surface area contributed by atoms with Gasteiger partial charge in [0.1, 0.15) is 0 Å². The maximum Gasteiger partial charge on any atom is 0.0614 e. The van der Waals surface area contributed by atoms with E-state index in [1.807, 2.05) is 11.3 Å². The van der Waals surface area contributed by atoms with E-state index in [-0.39, 0.29) is 0 Å². The summed E-state index contributed by atoms with van der Waals surface area (Å²) in [5, 5.41) is 13.7. The number of nitrogens with zero attached hydrogens (tertiary/aromatic N) is 1. The number of rotatable bonds is 3. The van der Waals surface area contributed by atoms with Crippen molar-refractivity contribution in [3.63, 3.8) is 0 Å². The number of hydrogen-bond acceptors (Lipinski definition) is 3. The van der Waals surface area contributed by atoms with Gasteiger partial charge in [-0.25, -0.2) is 0 Å². The van der Waals surface area contributed by atoms with Crippen LogP contribution in [0.1, 0.15) is 0 Å². The molecule has 2 heterocycles. The normalized spacial score (nSPS) is 11.9. The van der Waals surface area contributed by atoms with Gasteiger partial charge in [0.2, 0.25) is 0 Å². The van der Waals surface area contributed by atoms with Crippen molar-refractivity contribution in [2.24, 2.45) is 0 Å². The van der Waals surface area contributed by atoms with Crippen LogP contribution in [0.5, 0.6) is 0 Å². The van der Waals surface area contributed by atoms with E-state index in [1.165, 1.54) is 63.5 Å². The first-order valence-electron chi connectivity index (χ1n) is 14.1. The highest BCUT2D eigenvalue weighted by molar-refractivity contribution is 7.80. The summed E-state index contributed by atoms with van der Waals surface area (Å²) in [6.07, 6.45) is 0. The Balaban J connectivity index is 1.22. The van der Waals surface area contributed by atoms with Crippen LogP contribution in [0.15, 0.2) is 138 Å². The van der Waals surface area contributed by atoms with Crippen molar-refractivity contribution in [1.29, 1.82) is 0 Å². The summed E-state index contributed by atoms with van der Waals surface area (Å²) in [4.78, 5) is 0.941. The molecule has 7 aromatic carbocycles. The molecule has 9 rings (SSSR count). The number of nitrogens with one attached hydrogen (secondary N) is 1. The van der Waals surface area contributed by atoms with Gasteiger partial charge in [0.25, 0.3) is 0 Å². The summed E-state index contributed by atoms with van der Waals surface area (Å²) in [7, 11) is 0. The molecule has 0 aliphatic rings. The topological polar surface area (TPSA) is 17.0 Å². The van der Waals surface area contributed by atoms with Gasteiger partial charge in [0.05, 0.1) is 16.7 Å². The quantitative estimate of drug-likeness (QED) is 0.201. The van der Waals surface area contributed by atoms with Gasteiger partial charge in [-0.15, -0.1) is 24.0 Å². The predicted octanol–water partition coefficient (Wildman–Crippen LogP) is 11.5. The van der Waals surface area contributed by atoms with Crippen LogP contribution in [0.25, 0.3) is 69.2 Å². The van der Waals surface area contributed by atoms with Gasteiger partial charge in [-0.1, -0.05) is 66.7 Å². The second kappa shape index (κ2) is 9.12. The Labute approximate surface area is 251 Å². The third kappa shape index (κ3) is 3.59. The van der Waals surface area contributed by atoms with Crippen molar-refractivity contribution in [2.45, 2.75) is 4.90 Å². The number of fused-ring (bicyclic) bond motifs is 8. The molecule has 1 N–H and O–H groups in total. The molecule has 4 heteroatoms. The summed E-state index contributed by atoms with van der Waals surface area (Å²) < 4.78 is 4.96. The van der Waals surface area contributed by atoms with Crippen LogP contribution in [0.4, 0.5) is 11.4 Å². The van der Waals surface area contributed by atoms with E-state index in [2.05, 4.69) is 143 Å². The first-order valence-corrected chi connectivity index (χ1v) is 15.3. The standard InChI is InChI=1S/C38H24N2S2/c41-34-17-18-36-37(29-11-5-6-12-35(29)42-36)38(34)39-27-13-15-28(16-14-27)40-32-21-25-9-3-1-7-23(25)19-30(32)31-20-24-8-2-4-10-26(24)22-33(31)40/h1-22,39,41H. The third-order valence-corrected chi connectivity index (χ3v) is 9.93. The SMILES string of the molecule is Sc1ccc2sc3ccccc3c2c1Nc1ccc(-n2c3cc4ccccc4cc3c3cc4ccccc4cc32)cc1. The molecule has 198 valence electrons. The monoisotopic (exact) mass is 572 g/mol. The summed E-state index contributed by atoms with van der Waals surface area (Å²) in [6.45, 7) is 0. The highest BCUT2D eigenvalue weighted by Crippen LogP contribution is 2.42. The van der Waals surface area contributed by atoms with Gasteiger partial charge in [0.15, 0.2) is 0 Å². The summed E-state index contributed by atoms with van der Waals surface area (Å²) >= 11 is 6.67. The Morgan fingerprint density at radius 2 is 1.10 bits per heavy atom. The van der Waals surface area contributed by atoms with Gasteiger partial charge >= 0.3 is 0 Å². The van der Waals surface area contributed by atoms with E-state index in [4.69, 9.17) is 12.6 Å². The number of anilines is 2. The zero-order valence-electron chi connectivity index (χ0n) is 22.5. The van der Waals surface area contributed by atoms with Crippen LogP contribution in [0.2, 0.25) is 0 Å². The molecule has 0 bridgehead atoms. The molecule has 0 atom stereocenters. The fourth-order valence-electron chi connectivity index (χ4n) is 6.44. The van der Waals surface area contributed by atoms with E-state index < -0.39 is 0 Å². The van der Waals surface area contributed by atoms with Crippen LogP contribution >= 0.6 is 24.0 Å². The molecule has 2 nitrogen and oxygen atoms in total. The van der Waals surface area contributed by atoms with E-state index in [0.717, 1.165) is 22.0 Å². The highest BCUT2D eigenvalue weighted by atomic mass is 32.1. The molecule has 9 aromatic rings. The smallest absolute Gasteiger partial charge is 0.0614 e. The van der Waals surface area contributed by atoms with Gasteiger partial charge in [-0.2, -0.15) is 0 Å². The van der Waals surface area contributed by atoms with Crippen LogP contribution in [0.3, 0.4) is 0 Å². The van der Waals surface area contributed by atoms with Gasteiger partial charge < -0.3 is 9.88 Å². The second-order valence-electron chi connectivity index (χ2n) is 10.9. The first kappa shape index (κ1) is 23.9. The lowest BCUT2D eigenvalue weighted by Gasteiger charge is -2.13. The Bertz CT molecular complexity index is 2410. The van der Waals surface area contributed by atoms with Gasteiger partial charge in [0, 0.05) is 47.2 Å². The number of aromatic nitrogens is 1. The maximum atomic E-state index is 4.85. The number of hydrogen-bond donors (Lipinski definition) is 2. The van der Waals surface area contributed by atoms with E-state index >= 15 is 0 Å². The average molecular weight is 573 g/mol. The van der Waals surface area contributed by atoms with Crippen molar-refractivity contribution < 1.29 is 0 Å². The minimum Gasteiger partial charge on any atom is -0.354 e. The Hall–Kier alpha value is -4.77. The van der Waals surface area contributed by atoms with E-state index in [1.54, 1.807) is 0 Å². The number of thiol groups is 1. The summed E-state index contributed by atoms with van der Waals surface area (Å²) in [6, 6.07) is 48.2. The third-order valence-electron chi connectivity index (χ3n) is 8.42. The largest absolute Gasteiger partial charge is 0.354 e. The summed E-state index contributed by atoms with van der Waals surface area (Å²) in [5.41, 5.74) is 5.65. The Morgan fingerprint density at radius 1 is 0.524 bits per heavy atom. The zero-order chi connectivity index (χ0) is 27.8. The molecular formula is C38H24N2S2.